The van der Waals surface area contributed by atoms with Crippen LogP contribution in [0.2, 0.25) is 0 Å². The molecule has 4 aromatic rings. The van der Waals surface area contributed by atoms with Crippen LogP contribution in [0.5, 0.6) is 11.5 Å². The fourth-order valence-corrected chi connectivity index (χ4v) is 10.8. The molecule has 1 aromatic carbocycles. The van der Waals surface area contributed by atoms with Gasteiger partial charge in [-0.25, -0.2) is 14.8 Å². The molecule has 8 heterocycles. The minimum atomic E-state index is -1.17. The molecule has 58 heavy (non-hydrogen) atoms. The first-order valence-corrected chi connectivity index (χ1v) is 21.9. The lowest BCUT2D eigenvalue weighted by atomic mass is 9.86. The number of nitrogens with zero attached hydrogens (tertiary/aromatic N) is 4. The second kappa shape index (κ2) is 15.0. The second-order valence-electron chi connectivity index (χ2n) is 15.7. The highest BCUT2D eigenvalue weighted by molar-refractivity contribution is 8.76. The number of ether oxygens (including phenoxy) is 3. The molecule has 0 unspecified atom stereocenters. The summed E-state index contributed by atoms with van der Waals surface area (Å²) in [5.41, 5.74) is 17.7. The van der Waals surface area contributed by atoms with Gasteiger partial charge in [-0.2, -0.15) is 0 Å². The van der Waals surface area contributed by atoms with Gasteiger partial charge in [0.25, 0.3) is 0 Å². The highest BCUT2D eigenvalue weighted by atomic mass is 33.1. The normalized spacial score (nSPS) is 25.2. The van der Waals surface area contributed by atoms with Gasteiger partial charge in [-0.3, -0.25) is 9.79 Å². The number of allylic oxidation sites excluding steroid dienone is 1. The predicted molar refractivity (Wildman–Crippen MR) is 226 cm³/mol. The van der Waals surface area contributed by atoms with Gasteiger partial charge < -0.3 is 45.4 Å². The van der Waals surface area contributed by atoms with Gasteiger partial charge in [0.2, 0.25) is 0 Å². The number of carbonyl (C=O) groups is 1. The van der Waals surface area contributed by atoms with Crippen LogP contribution >= 0.6 is 21.6 Å². The summed E-state index contributed by atoms with van der Waals surface area (Å²) in [6, 6.07) is 8.96. The number of pyridine rings is 2. The van der Waals surface area contributed by atoms with E-state index in [2.05, 4.69) is 27.5 Å². The monoisotopic (exact) mass is 823 g/mol. The summed E-state index contributed by atoms with van der Waals surface area (Å²) in [6.45, 7) is 5.38. The summed E-state index contributed by atoms with van der Waals surface area (Å²) < 4.78 is 25.3. The number of anilines is 2. The third kappa shape index (κ3) is 7.09. The van der Waals surface area contributed by atoms with Crippen molar-refractivity contribution in [2.45, 2.75) is 81.7 Å². The number of aromatic hydroxyl groups is 1. The van der Waals surface area contributed by atoms with Crippen LogP contribution < -0.4 is 26.9 Å². The van der Waals surface area contributed by atoms with Crippen molar-refractivity contribution in [1.82, 2.24) is 20.2 Å². The van der Waals surface area contributed by atoms with Crippen molar-refractivity contribution >= 4 is 55.9 Å². The third-order valence-electron chi connectivity index (χ3n) is 11.7. The Hall–Kier alpha value is -5.03. The topological polar surface area (TPSA) is 204 Å². The number of aryl methyl sites for hydroxylation is 2. The van der Waals surface area contributed by atoms with Gasteiger partial charge in [-0.1, -0.05) is 21.6 Å². The van der Waals surface area contributed by atoms with Gasteiger partial charge >= 0.3 is 5.97 Å². The summed E-state index contributed by atoms with van der Waals surface area (Å²) >= 11 is 0. The molecule has 0 saturated carbocycles. The Bertz CT molecular complexity index is 2510. The van der Waals surface area contributed by atoms with E-state index in [4.69, 9.17) is 40.1 Å². The smallest absolute Gasteiger partial charge is 0.341 e. The quantitative estimate of drug-likeness (QED) is 0.114. The Kier molecular flexibility index (Phi) is 9.93. The fraction of sp³-hybridized carbons (Fsp3) is 0.405. The Labute approximate surface area is 342 Å². The van der Waals surface area contributed by atoms with Crippen LogP contribution in [0.1, 0.15) is 54.3 Å². The number of nitrogens with two attached hydrogens (primary N) is 2. The van der Waals surface area contributed by atoms with Crippen molar-refractivity contribution in [3.05, 3.63) is 92.7 Å². The first-order valence-electron chi connectivity index (χ1n) is 19.4. The molecule has 5 aliphatic rings. The van der Waals surface area contributed by atoms with Crippen LogP contribution in [0.25, 0.3) is 22.2 Å². The minimum absolute atomic E-state index is 0.0650. The molecule has 16 heteroatoms. The molecule has 1 saturated heterocycles. The molecule has 0 spiro atoms. The van der Waals surface area contributed by atoms with Crippen LogP contribution in [0.4, 0.5) is 11.6 Å². The average molecular weight is 824 g/mol. The number of aliphatic imine (C=N–C) groups is 1. The van der Waals surface area contributed by atoms with Crippen molar-refractivity contribution in [1.29, 1.82) is 0 Å². The first kappa shape index (κ1) is 38.5. The van der Waals surface area contributed by atoms with Crippen molar-refractivity contribution in [2.24, 2.45) is 4.99 Å². The number of nitrogen functional groups attached to an aromatic ring is 2. The maximum absolute atomic E-state index is 14.4. The number of benzene rings is 1. The van der Waals surface area contributed by atoms with Gasteiger partial charge in [0.1, 0.15) is 51.6 Å². The van der Waals surface area contributed by atoms with Crippen molar-refractivity contribution < 1.29 is 28.5 Å². The van der Waals surface area contributed by atoms with E-state index < -0.39 is 29.4 Å². The molecule has 0 aliphatic carbocycles. The standard InChI is InChI=1S/C42H45N7O7S2/c1-22-12-31(50)37-33(53-22)17-32-27(38(37)51)16-35-41(2,55-32)8-11-57-58-21-28-26(15-25(47-39(28)44)19-49-18-24-6-9-46-30(24)20-49)29-13-23(14-36(43)48-29)4-5-34-42(56-34,7-10-45-3)40(52)54-35/h6,9,12-15,17-18,34-35,45,51H,4-5,7-8,10-11,16,19-21H2,1-3H3,(H2,43,48)(H2,44,47)/t34-,35-,41-,42+/m0/s1. The van der Waals surface area contributed by atoms with Gasteiger partial charge in [0, 0.05) is 77.6 Å². The SMILES string of the molecule is CNCC[C@@]12O[C@H]1CCc1cc(N)nc(c1)-c1cc(CN3C=C4C=CN=C4C3)nc(N)c1CSSCC[C@]1(C)Oc3cc4oc(C)cc(=O)c4c(O)c3C[C@@H]1OC2=O. The van der Waals surface area contributed by atoms with E-state index in [1.54, 1.807) is 34.6 Å². The molecule has 3 aromatic heterocycles. The number of esters is 1. The number of nitrogens with one attached hydrogen (secondary N) is 1. The zero-order chi connectivity index (χ0) is 40.3. The number of hydrogen-bond acceptors (Lipinski definition) is 16. The van der Waals surface area contributed by atoms with Gasteiger partial charge in [0.05, 0.1) is 36.3 Å². The van der Waals surface area contributed by atoms with E-state index in [0.717, 1.165) is 33.7 Å². The summed E-state index contributed by atoms with van der Waals surface area (Å²) in [4.78, 5) is 43.7. The zero-order valence-electron chi connectivity index (χ0n) is 32.5. The predicted octanol–water partition coefficient (Wildman–Crippen LogP) is 5.37. The van der Waals surface area contributed by atoms with Gasteiger partial charge in [-0.05, 0) is 70.1 Å². The molecule has 1 fully saturated rings. The summed E-state index contributed by atoms with van der Waals surface area (Å²) in [5.74, 6) is 2.07. The molecule has 2 bridgehead atoms. The second-order valence-corrected chi connectivity index (χ2v) is 18.3. The molecular formula is C42H45N7O7S2. The molecule has 302 valence electrons. The Morgan fingerprint density at radius 1 is 1.09 bits per heavy atom. The molecule has 9 rings (SSSR count). The molecule has 0 amide bonds. The fourth-order valence-electron chi connectivity index (χ4n) is 8.45. The van der Waals surface area contributed by atoms with Crippen LogP contribution in [0.3, 0.4) is 0 Å². The Morgan fingerprint density at radius 3 is 2.78 bits per heavy atom. The summed E-state index contributed by atoms with van der Waals surface area (Å²) in [6.07, 6.45) is 6.86. The summed E-state index contributed by atoms with van der Waals surface area (Å²) in [5, 5.41) is 14.7. The summed E-state index contributed by atoms with van der Waals surface area (Å²) in [7, 11) is 5.11. The highest BCUT2D eigenvalue weighted by Crippen LogP contribution is 2.48. The van der Waals surface area contributed by atoms with E-state index >= 15 is 0 Å². The number of carbonyl (C=O) groups excluding carboxylic acids is 1. The van der Waals surface area contributed by atoms with E-state index in [1.807, 2.05) is 38.4 Å². The van der Waals surface area contributed by atoms with Crippen molar-refractivity contribution in [3.63, 3.8) is 0 Å². The number of aromatic nitrogens is 2. The average Bonchev–Trinajstić information content (AvgIpc) is 3.49. The molecule has 0 radical (unpaired) electrons. The Balaban J connectivity index is 1.06. The van der Waals surface area contributed by atoms with Gasteiger partial charge in [-0.15, -0.1) is 0 Å². The van der Waals surface area contributed by atoms with E-state index in [1.165, 1.54) is 6.07 Å². The molecule has 4 atom stereocenters. The lowest BCUT2D eigenvalue weighted by Gasteiger charge is -2.42. The Morgan fingerprint density at radius 2 is 1.95 bits per heavy atom. The van der Waals surface area contributed by atoms with Gasteiger partial charge in [0.15, 0.2) is 11.0 Å². The van der Waals surface area contributed by atoms with Crippen molar-refractivity contribution in [3.8, 4) is 22.8 Å². The molecular weight excluding hydrogens is 779 g/mol. The van der Waals surface area contributed by atoms with E-state index in [-0.39, 0.29) is 28.6 Å². The molecule has 6 N–H and O–H groups in total. The van der Waals surface area contributed by atoms with E-state index in [0.29, 0.717) is 91.2 Å². The first-order chi connectivity index (χ1) is 27.9. The van der Waals surface area contributed by atoms with Crippen LogP contribution in [0.15, 0.2) is 68.6 Å². The number of fused-ring (bicyclic) bond motifs is 9. The lowest BCUT2D eigenvalue weighted by molar-refractivity contribution is -0.169. The third-order valence-corrected chi connectivity index (χ3v) is 14.0. The van der Waals surface area contributed by atoms with Crippen LogP contribution in [-0.2, 0) is 39.4 Å². The number of hydrogen-bond donors (Lipinski definition) is 4. The van der Waals surface area contributed by atoms with Crippen LogP contribution in [-0.4, -0.2) is 81.0 Å². The lowest BCUT2D eigenvalue weighted by Crippen LogP contribution is -2.53. The van der Waals surface area contributed by atoms with Crippen LogP contribution in [0, 0.1) is 6.92 Å². The highest BCUT2D eigenvalue weighted by Gasteiger charge is 2.63. The minimum Gasteiger partial charge on any atom is -0.507 e. The number of rotatable bonds is 5. The number of phenolic OH excluding ortho intramolecular Hbond substituents is 1. The van der Waals surface area contributed by atoms with E-state index in [9.17, 15) is 14.7 Å². The molecule has 5 aliphatic heterocycles. The van der Waals surface area contributed by atoms with Crippen molar-refractivity contribution in [2.75, 3.05) is 37.4 Å². The molecule has 14 nitrogen and oxygen atoms in total. The number of phenols is 1. The maximum Gasteiger partial charge on any atom is 0.341 e. The maximum atomic E-state index is 14.4. The zero-order valence-corrected chi connectivity index (χ0v) is 34.1. The number of epoxide rings is 1. The largest absolute Gasteiger partial charge is 0.507 e.